The van der Waals surface area contributed by atoms with Gasteiger partial charge < -0.3 is 0 Å². The summed E-state index contributed by atoms with van der Waals surface area (Å²) in [5.74, 6) is -0.0773. The van der Waals surface area contributed by atoms with E-state index >= 15 is 0 Å². The number of hydrogen-bond donors (Lipinski definition) is 1. The predicted molar refractivity (Wildman–Crippen MR) is 106 cm³/mol. The van der Waals surface area contributed by atoms with E-state index in [1.807, 2.05) is 12.1 Å². The number of carbonyl (C=O) groups is 1. The van der Waals surface area contributed by atoms with Crippen LogP contribution in [0.5, 0.6) is 0 Å². The smallest absolute Gasteiger partial charge is 0.268 e. The highest BCUT2D eigenvalue weighted by Gasteiger charge is 2.27. The van der Waals surface area contributed by atoms with Gasteiger partial charge in [0, 0.05) is 23.2 Å². The minimum Gasteiger partial charge on any atom is -0.284 e. The van der Waals surface area contributed by atoms with Gasteiger partial charge in [0.05, 0.1) is 5.56 Å². The first kappa shape index (κ1) is 18.9. The van der Waals surface area contributed by atoms with Gasteiger partial charge in [0.25, 0.3) is 5.91 Å². The third-order valence-electron chi connectivity index (χ3n) is 4.99. The number of hydrazine groups is 1. The van der Waals surface area contributed by atoms with Gasteiger partial charge in [-0.3, -0.25) is 10.2 Å². The highest BCUT2D eigenvalue weighted by atomic mass is 32.2. The van der Waals surface area contributed by atoms with E-state index in [-0.39, 0.29) is 5.91 Å². The number of carbonyl (C=O) groups excluding carboxylic acids is 1. The quantitative estimate of drug-likeness (QED) is 0.844. The number of rotatable bonds is 4. The zero-order valence-electron chi connectivity index (χ0n) is 16.0. The van der Waals surface area contributed by atoms with Crippen LogP contribution in [0.25, 0.3) is 0 Å². The van der Waals surface area contributed by atoms with Gasteiger partial charge in [-0.25, -0.2) is 9.99 Å². The molecular weight excluding hydrogens is 342 g/mol. The number of pyridine rings is 1. The molecule has 1 aromatic carbocycles. The monoisotopic (exact) mass is 369 g/mol. The molecule has 1 saturated heterocycles. The maximum atomic E-state index is 13.0. The lowest BCUT2D eigenvalue weighted by Crippen LogP contribution is -2.54. The molecule has 2 atom stereocenters. The minimum absolute atomic E-state index is 0.0773. The van der Waals surface area contributed by atoms with Crippen LogP contribution in [0.1, 0.15) is 54.6 Å². The molecular formula is C21H27N3OS. The van der Waals surface area contributed by atoms with Crippen molar-refractivity contribution in [3.8, 4) is 0 Å². The van der Waals surface area contributed by atoms with E-state index in [4.69, 9.17) is 0 Å². The molecule has 4 nitrogen and oxygen atoms in total. The molecule has 0 aliphatic carbocycles. The standard InChI is InChI=1S/C21H27N3OS/c1-14-10-11-15(2)19(13-14)26-21-18(9-6-12-22-21)20(25)23-24-16(3)7-5-8-17(24)4/h6,9-13,16-17H,5,7-8H2,1-4H3,(H,23,25)/t16-,17-/m0/s1. The van der Waals surface area contributed by atoms with E-state index in [2.05, 4.69) is 61.3 Å². The second-order valence-electron chi connectivity index (χ2n) is 7.20. The summed E-state index contributed by atoms with van der Waals surface area (Å²) in [6.45, 7) is 8.51. The van der Waals surface area contributed by atoms with Crippen LogP contribution >= 0.6 is 11.8 Å². The average molecular weight is 370 g/mol. The Morgan fingerprint density at radius 1 is 1.19 bits per heavy atom. The van der Waals surface area contributed by atoms with Gasteiger partial charge in [0.1, 0.15) is 5.03 Å². The van der Waals surface area contributed by atoms with Crippen LogP contribution in [0.15, 0.2) is 46.5 Å². The Labute approximate surface area is 160 Å². The van der Waals surface area contributed by atoms with Gasteiger partial charge >= 0.3 is 0 Å². The fourth-order valence-corrected chi connectivity index (χ4v) is 4.45. The molecule has 1 N–H and O–H groups in total. The molecule has 1 aliphatic heterocycles. The summed E-state index contributed by atoms with van der Waals surface area (Å²) < 4.78 is 0. The van der Waals surface area contributed by atoms with Crippen molar-refractivity contribution in [2.75, 3.05) is 0 Å². The second-order valence-corrected chi connectivity index (χ2v) is 8.23. The maximum Gasteiger partial charge on any atom is 0.268 e. The van der Waals surface area contributed by atoms with Gasteiger partial charge in [-0.05, 0) is 69.9 Å². The van der Waals surface area contributed by atoms with Gasteiger partial charge in [0.2, 0.25) is 0 Å². The van der Waals surface area contributed by atoms with Gasteiger partial charge in [-0.1, -0.05) is 30.3 Å². The lowest BCUT2D eigenvalue weighted by Gasteiger charge is -2.38. The first-order chi connectivity index (χ1) is 12.5. The normalized spacial score (nSPS) is 20.8. The summed E-state index contributed by atoms with van der Waals surface area (Å²) in [6, 6.07) is 10.7. The number of aromatic nitrogens is 1. The fourth-order valence-electron chi connectivity index (χ4n) is 3.39. The Hall–Kier alpha value is -1.85. The van der Waals surface area contributed by atoms with E-state index in [1.165, 1.54) is 17.5 Å². The average Bonchev–Trinajstić information content (AvgIpc) is 2.62. The van der Waals surface area contributed by atoms with Crippen molar-refractivity contribution >= 4 is 17.7 Å². The number of hydrogen-bond acceptors (Lipinski definition) is 4. The largest absolute Gasteiger partial charge is 0.284 e. The zero-order chi connectivity index (χ0) is 18.7. The van der Waals surface area contributed by atoms with Crippen LogP contribution in [-0.4, -0.2) is 28.0 Å². The van der Waals surface area contributed by atoms with E-state index in [1.54, 1.807) is 18.0 Å². The van der Waals surface area contributed by atoms with Crippen molar-refractivity contribution in [2.45, 2.75) is 69.0 Å². The molecule has 1 aromatic heterocycles. The molecule has 1 fully saturated rings. The third-order valence-corrected chi connectivity index (χ3v) is 6.17. The predicted octanol–water partition coefficient (Wildman–Crippen LogP) is 4.76. The van der Waals surface area contributed by atoms with Crippen LogP contribution in [0, 0.1) is 13.8 Å². The lowest BCUT2D eigenvalue weighted by atomic mass is 10.00. The fraction of sp³-hybridized carbons (Fsp3) is 0.429. The first-order valence-corrected chi connectivity index (χ1v) is 10.1. The summed E-state index contributed by atoms with van der Waals surface area (Å²) in [4.78, 5) is 18.6. The first-order valence-electron chi connectivity index (χ1n) is 9.25. The minimum atomic E-state index is -0.0773. The third kappa shape index (κ3) is 4.27. The maximum absolute atomic E-state index is 13.0. The van der Waals surface area contributed by atoms with Crippen molar-refractivity contribution in [3.63, 3.8) is 0 Å². The van der Waals surface area contributed by atoms with Gasteiger partial charge in [-0.15, -0.1) is 0 Å². The number of amides is 1. The van der Waals surface area contributed by atoms with Crippen LogP contribution in [0.2, 0.25) is 0 Å². The number of nitrogens with zero attached hydrogens (tertiary/aromatic N) is 2. The van der Waals surface area contributed by atoms with Crippen molar-refractivity contribution in [2.24, 2.45) is 0 Å². The molecule has 0 radical (unpaired) electrons. The highest BCUT2D eigenvalue weighted by Crippen LogP contribution is 2.32. The molecule has 1 amide bonds. The SMILES string of the molecule is Cc1ccc(C)c(Sc2ncccc2C(=O)NN2[C@@H](C)CCC[C@@H]2C)c1. The van der Waals surface area contributed by atoms with E-state index in [0.29, 0.717) is 17.6 Å². The zero-order valence-corrected chi connectivity index (χ0v) is 16.8. The summed E-state index contributed by atoms with van der Waals surface area (Å²) in [5.41, 5.74) is 6.15. The molecule has 138 valence electrons. The number of aryl methyl sites for hydroxylation is 2. The van der Waals surface area contributed by atoms with E-state index < -0.39 is 0 Å². The molecule has 0 unspecified atom stereocenters. The highest BCUT2D eigenvalue weighted by molar-refractivity contribution is 7.99. The van der Waals surface area contributed by atoms with Crippen LogP contribution in [0.3, 0.4) is 0 Å². The van der Waals surface area contributed by atoms with Crippen molar-refractivity contribution in [3.05, 3.63) is 53.2 Å². The Morgan fingerprint density at radius 2 is 1.92 bits per heavy atom. The molecule has 0 bridgehead atoms. The van der Waals surface area contributed by atoms with Crippen molar-refractivity contribution in [1.82, 2.24) is 15.4 Å². The second kappa shape index (κ2) is 8.23. The Balaban J connectivity index is 1.82. The van der Waals surface area contributed by atoms with Crippen LogP contribution < -0.4 is 5.43 Å². The topological polar surface area (TPSA) is 45.2 Å². The van der Waals surface area contributed by atoms with Crippen molar-refractivity contribution in [1.29, 1.82) is 0 Å². The van der Waals surface area contributed by atoms with Gasteiger partial charge in [0.15, 0.2) is 0 Å². The summed E-state index contributed by atoms with van der Waals surface area (Å²) >= 11 is 1.56. The van der Waals surface area contributed by atoms with E-state index in [9.17, 15) is 4.79 Å². The summed E-state index contributed by atoms with van der Waals surface area (Å²) in [5, 5.41) is 2.85. The summed E-state index contributed by atoms with van der Waals surface area (Å²) in [6.07, 6.45) is 5.19. The number of nitrogens with one attached hydrogen (secondary N) is 1. The van der Waals surface area contributed by atoms with E-state index in [0.717, 1.165) is 22.8 Å². The molecule has 2 heterocycles. The van der Waals surface area contributed by atoms with Gasteiger partial charge in [-0.2, -0.15) is 0 Å². The lowest BCUT2D eigenvalue weighted by molar-refractivity contribution is 0.0367. The Morgan fingerprint density at radius 3 is 2.65 bits per heavy atom. The molecule has 26 heavy (non-hydrogen) atoms. The van der Waals surface area contributed by atoms with Crippen LogP contribution in [0.4, 0.5) is 0 Å². The number of benzene rings is 1. The number of piperidine rings is 1. The molecule has 0 spiro atoms. The molecule has 0 saturated carbocycles. The summed E-state index contributed by atoms with van der Waals surface area (Å²) in [7, 11) is 0. The molecule has 5 heteroatoms. The molecule has 2 aromatic rings. The Kier molecular flexibility index (Phi) is 5.99. The molecule has 3 rings (SSSR count). The van der Waals surface area contributed by atoms with Crippen molar-refractivity contribution < 1.29 is 4.79 Å². The van der Waals surface area contributed by atoms with Crippen LogP contribution in [-0.2, 0) is 0 Å². The Bertz CT molecular complexity index is 783. The molecule has 1 aliphatic rings.